The molecule has 32 heavy (non-hydrogen) atoms. The molecule has 0 aromatic rings. The molecule has 13 atom stereocenters. The summed E-state index contributed by atoms with van der Waals surface area (Å²) in [5, 5.41) is 52.9. The van der Waals surface area contributed by atoms with E-state index in [0.717, 1.165) is 51.4 Å². The van der Waals surface area contributed by atoms with Crippen LogP contribution in [0.1, 0.15) is 85.5 Å². The fourth-order valence-corrected chi connectivity index (χ4v) is 9.17. The predicted octanol–water partition coefficient (Wildman–Crippen LogP) is 3.35. The highest BCUT2D eigenvalue weighted by Gasteiger charge is 2.65. The van der Waals surface area contributed by atoms with Crippen molar-refractivity contribution in [2.24, 2.45) is 52.3 Å². The van der Waals surface area contributed by atoms with E-state index in [0.29, 0.717) is 36.0 Å². The summed E-state index contributed by atoms with van der Waals surface area (Å²) in [6, 6.07) is 0. The van der Waals surface area contributed by atoms with Gasteiger partial charge in [0.25, 0.3) is 0 Å². The van der Waals surface area contributed by atoms with Crippen molar-refractivity contribution in [2.75, 3.05) is 6.61 Å². The summed E-state index contributed by atoms with van der Waals surface area (Å²) in [4.78, 5) is 0. The first-order valence-electron chi connectivity index (χ1n) is 13.4. The molecular weight excluding hydrogens is 404 g/mol. The maximum absolute atomic E-state index is 11.6. The molecule has 0 aliphatic heterocycles. The molecule has 5 N–H and O–H groups in total. The van der Waals surface area contributed by atoms with Crippen LogP contribution < -0.4 is 0 Å². The largest absolute Gasteiger partial charge is 0.396 e. The van der Waals surface area contributed by atoms with E-state index in [1.165, 1.54) is 0 Å². The SMILES string of the molecule is CC(CO)[C@H](O)CC[C@@H](C)[C@H]1CC[C@H]2[C@@H]3[C@H](O)CC4C[C@H](O)CC[C@]4(C)[C@H]3C[C@H](O)[C@]12C. The second kappa shape index (κ2) is 9.11. The lowest BCUT2D eigenvalue weighted by Gasteiger charge is -2.63. The molecule has 0 radical (unpaired) electrons. The van der Waals surface area contributed by atoms with Gasteiger partial charge < -0.3 is 25.5 Å². The summed E-state index contributed by atoms with van der Waals surface area (Å²) in [6.45, 7) is 8.82. The Morgan fingerprint density at radius 1 is 0.906 bits per heavy atom. The summed E-state index contributed by atoms with van der Waals surface area (Å²) < 4.78 is 0. The number of rotatable bonds is 6. The lowest BCUT2D eigenvalue weighted by molar-refractivity contribution is -0.207. The van der Waals surface area contributed by atoms with Gasteiger partial charge in [0.15, 0.2) is 0 Å². The molecule has 186 valence electrons. The molecule has 0 heterocycles. The first-order chi connectivity index (χ1) is 15.0. The van der Waals surface area contributed by atoms with Crippen molar-refractivity contribution >= 4 is 0 Å². The highest BCUT2D eigenvalue weighted by Crippen LogP contribution is 2.68. The molecule has 4 saturated carbocycles. The van der Waals surface area contributed by atoms with Gasteiger partial charge in [0.2, 0.25) is 0 Å². The molecule has 0 bridgehead atoms. The molecule has 0 aromatic carbocycles. The van der Waals surface area contributed by atoms with Gasteiger partial charge in [-0.3, -0.25) is 0 Å². The molecule has 0 aromatic heterocycles. The van der Waals surface area contributed by atoms with E-state index in [2.05, 4.69) is 20.8 Å². The van der Waals surface area contributed by atoms with E-state index in [1.54, 1.807) is 0 Å². The average molecular weight is 453 g/mol. The van der Waals surface area contributed by atoms with Gasteiger partial charge in [0, 0.05) is 12.5 Å². The zero-order chi connectivity index (χ0) is 23.4. The second-order valence-electron chi connectivity index (χ2n) is 12.8. The van der Waals surface area contributed by atoms with Crippen molar-refractivity contribution in [1.29, 1.82) is 0 Å². The van der Waals surface area contributed by atoms with E-state index in [-0.39, 0.29) is 47.6 Å². The number of hydrogen-bond donors (Lipinski definition) is 5. The van der Waals surface area contributed by atoms with Crippen LogP contribution in [0, 0.1) is 52.3 Å². The summed E-state index contributed by atoms with van der Waals surface area (Å²) in [5.41, 5.74) is -0.0772. The minimum Gasteiger partial charge on any atom is -0.396 e. The normalized spacial score (nSPS) is 51.3. The fourth-order valence-electron chi connectivity index (χ4n) is 9.17. The van der Waals surface area contributed by atoms with Gasteiger partial charge in [-0.15, -0.1) is 0 Å². The Morgan fingerprint density at radius 3 is 2.31 bits per heavy atom. The Balaban J connectivity index is 1.53. The molecular formula is C27H48O5. The zero-order valence-electron chi connectivity index (χ0n) is 20.7. The van der Waals surface area contributed by atoms with E-state index in [1.807, 2.05) is 6.92 Å². The van der Waals surface area contributed by atoms with Gasteiger partial charge in [-0.1, -0.05) is 27.7 Å². The first kappa shape index (κ1) is 24.9. The zero-order valence-corrected chi connectivity index (χ0v) is 20.7. The van der Waals surface area contributed by atoms with Gasteiger partial charge in [-0.25, -0.2) is 0 Å². The predicted molar refractivity (Wildman–Crippen MR) is 125 cm³/mol. The van der Waals surface area contributed by atoms with E-state index < -0.39 is 6.10 Å². The monoisotopic (exact) mass is 452 g/mol. The van der Waals surface area contributed by atoms with Crippen LogP contribution >= 0.6 is 0 Å². The molecule has 2 unspecified atom stereocenters. The van der Waals surface area contributed by atoms with Gasteiger partial charge >= 0.3 is 0 Å². The molecule has 4 fully saturated rings. The van der Waals surface area contributed by atoms with Crippen molar-refractivity contribution < 1.29 is 25.5 Å². The summed E-state index contributed by atoms with van der Waals surface area (Å²) in [7, 11) is 0. The standard InChI is InChI=1S/C27H48O5/c1-15(5-8-22(30)16(2)14-28)19-6-7-20-25-21(13-24(32)27(19,20)4)26(3)10-9-18(29)11-17(26)12-23(25)31/h15-25,28-32H,5-14H2,1-4H3/t15-,16?,17?,18-,19-,20+,21+,22-,23-,24+,25+,26+,27-/m1/s1. The van der Waals surface area contributed by atoms with Crippen LogP contribution in [-0.2, 0) is 0 Å². The van der Waals surface area contributed by atoms with Crippen LogP contribution in [0.25, 0.3) is 0 Å². The van der Waals surface area contributed by atoms with Crippen molar-refractivity contribution in [3.05, 3.63) is 0 Å². The Hall–Kier alpha value is -0.200. The van der Waals surface area contributed by atoms with Gasteiger partial charge in [0.1, 0.15) is 0 Å². The van der Waals surface area contributed by atoms with Crippen LogP contribution in [-0.4, -0.2) is 56.6 Å². The lowest BCUT2D eigenvalue weighted by Crippen LogP contribution is -2.62. The van der Waals surface area contributed by atoms with Gasteiger partial charge in [-0.05, 0) is 104 Å². The van der Waals surface area contributed by atoms with Crippen LogP contribution in [0.5, 0.6) is 0 Å². The lowest BCUT2D eigenvalue weighted by atomic mass is 9.43. The molecule has 5 nitrogen and oxygen atoms in total. The van der Waals surface area contributed by atoms with Crippen LogP contribution in [0.15, 0.2) is 0 Å². The minimum absolute atomic E-state index is 0.00915. The topological polar surface area (TPSA) is 101 Å². The Labute approximate surface area is 194 Å². The highest BCUT2D eigenvalue weighted by molar-refractivity contribution is 5.14. The Bertz CT molecular complexity index is 656. The van der Waals surface area contributed by atoms with Gasteiger partial charge in [0.05, 0.1) is 24.4 Å². The Morgan fingerprint density at radius 2 is 1.62 bits per heavy atom. The summed E-state index contributed by atoms with van der Waals surface area (Å²) in [5.74, 6) is 1.96. The van der Waals surface area contributed by atoms with Crippen molar-refractivity contribution in [3.63, 3.8) is 0 Å². The minimum atomic E-state index is -0.480. The van der Waals surface area contributed by atoms with Crippen LogP contribution in [0.4, 0.5) is 0 Å². The maximum atomic E-state index is 11.6. The first-order valence-corrected chi connectivity index (χ1v) is 13.4. The molecule has 0 amide bonds. The number of aliphatic hydroxyl groups is 5. The summed E-state index contributed by atoms with van der Waals surface area (Å²) >= 11 is 0. The third kappa shape index (κ3) is 3.88. The van der Waals surface area contributed by atoms with E-state index in [9.17, 15) is 25.5 Å². The molecule has 5 heteroatoms. The smallest absolute Gasteiger partial charge is 0.0602 e. The van der Waals surface area contributed by atoms with Crippen molar-refractivity contribution in [2.45, 2.75) is 110 Å². The van der Waals surface area contributed by atoms with Crippen LogP contribution in [0.2, 0.25) is 0 Å². The van der Waals surface area contributed by atoms with Crippen molar-refractivity contribution in [1.82, 2.24) is 0 Å². The maximum Gasteiger partial charge on any atom is 0.0602 e. The molecule has 0 spiro atoms. The molecule has 0 saturated heterocycles. The highest BCUT2D eigenvalue weighted by atomic mass is 16.3. The number of hydrogen-bond acceptors (Lipinski definition) is 5. The van der Waals surface area contributed by atoms with E-state index >= 15 is 0 Å². The van der Waals surface area contributed by atoms with Crippen molar-refractivity contribution in [3.8, 4) is 0 Å². The third-order valence-corrected chi connectivity index (χ3v) is 11.4. The van der Waals surface area contributed by atoms with Crippen LogP contribution in [0.3, 0.4) is 0 Å². The summed E-state index contributed by atoms with van der Waals surface area (Å²) in [6.07, 6.45) is 6.54. The number of aliphatic hydroxyl groups excluding tert-OH is 5. The van der Waals surface area contributed by atoms with Gasteiger partial charge in [-0.2, -0.15) is 0 Å². The average Bonchev–Trinajstić information content (AvgIpc) is 3.11. The third-order valence-electron chi connectivity index (χ3n) is 11.4. The fraction of sp³-hybridized carbons (Fsp3) is 1.00. The second-order valence-corrected chi connectivity index (χ2v) is 12.8. The molecule has 4 aliphatic rings. The molecule has 4 aliphatic carbocycles. The number of fused-ring (bicyclic) bond motifs is 5. The van der Waals surface area contributed by atoms with E-state index in [4.69, 9.17) is 0 Å². The Kier molecular flexibility index (Phi) is 7.09. The quantitative estimate of drug-likeness (QED) is 0.425. The molecule has 4 rings (SSSR count).